The summed E-state index contributed by atoms with van der Waals surface area (Å²) in [6, 6.07) is 0. The highest BCUT2D eigenvalue weighted by Gasteiger charge is 2.06. The van der Waals surface area contributed by atoms with Crippen LogP contribution in [-0.2, 0) is 24.3 Å². The molecule has 0 aliphatic carbocycles. The number of hydrogen-bond donors (Lipinski definition) is 0. The standard InChI is InChI=1S/C8H18O5/c1-7(5-9-3)11-13-12-8(2)6-10-4/h7-8H,5-6H2,1-4H3. The molecule has 0 fully saturated rings. The van der Waals surface area contributed by atoms with Gasteiger partial charge in [0.1, 0.15) is 12.2 Å². The van der Waals surface area contributed by atoms with E-state index in [0.29, 0.717) is 13.2 Å². The summed E-state index contributed by atoms with van der Waals surface area (Å²) in [5, 5.41) is 4.50. The van der Waals surface area contributed by atoms with E-state index in [1.165, 1.54) is 0 Å². The molecule has 0 amide bonds. The molecule has 0 saturated carbocycles. The van der Waals surface area contributed by atoms with Gasteiger partial charge in [0.25, 0.3) is 0 Å². The predicted octanol–water partition coefficient (Wildman–Crippen LogP) is 0.936. The van der Waals surface area contributed by atoms with Crippen LogP contribution in [-0.4, -0.2) is 39.6 Å². The van der Waals surface area contributed by atoms with Crippen molar-refractivity contribution in [1.29, 1.82) is 0 Å². The largest absolute Gasteiger partial charge is 0.382 e. The van der Waals surface area contributed by atoms with Gasteiger partial charge >= 0.3 is 0 Å². The summed E-state index contributed by atoms with van der Waals surface area (Å²) in [7, 11) is 3.18. The molecule has 0 saturated heterocycles. The van der Waals surface area contributed by atoms with E-state index in [4.69, 9.17) is 19.2 Å². The van der Waals surface area contributed by atoms with Crippen molar-refractivity contribution in [3.63, 3.8) is 0 Å². The van der Waals surface area contributed by atoms with E-state index < -0.39 is 0 Å². The maximum atomic E-state index is 4.82. The molecule has 0 bridgehead atoms. The van der Waals surface area contributed by atoms with Gasteiger partial charge in [0, 0.05) is 14.2 Å². The second kappa shape index (κ2) is 8.40. The lowest BCUT2D eigenvalue weighted by Crippen LogP contribution is -2.20. The first-order valence-corrected chi connectivity index (χ1v) is 4.17. The maximum absolute atomic E-state index is 4.82. The molecule has 5 nitrogen and oxygen atoms in total. The summed E-state index contributed by atoms with van der Waals surface area (Å²) < 4.78 is 9.65. The van der Waals surface area contributed by atoms with Gasteiger partial charge < -0.3 is 9.47 Å². The number of methoxy groups -OCH3 is 2. The number of ether oxygens (including phenoxy) is 2. The highest BCUT2D eigenvalue weighted by Crippen LogP contribution is 1.97. The fraction of sp³-hybridized carbons (Fsp3) is 1.00. The van der Waals surface area contributed by atoms with Gasteiger partial charge in [-0.2, -0.15) is 0 Å². The van der Waals surface area contributed by atoms with Gasteiger partial charge in [0.2, 0.25) is 0 Å². The molecule has 0 aliphatic heterocycles. The van der Waals surface area contributed by atoms with E-state index in [2.05, 4.69) is 5.04 Å². The van der Waals surface area contributed by atoms with Crippen LogP contribution >= 0.6 is 0 Å². The molecule has 0 aromatic carbocycles. The van der Waals surface area contributed by atoms with Crippen LogP contribution in [0, 0.1) is 0 Å². The number of rotatable bonds is 8. The molecule has 0 spiro atoms. The van der Waals surface area contributed by atoms with Crippen LogP contribution in [0.15, 0.2) is 0 Å². The summed E-state index contributed by atoms with van der Waals surface area (Å²) >= 11 is 0. The summed E-state index contributed by atoms with van der Waals surface area (Å²) in [6.07, 6.45) is -0.306. The fourth-order valence-corrected chi connectivity index (χ4v) is 0.682. The van der Waals surface area contributed by atoms with Gasteiger partial charge in [0.15, 0.2) is 0 Å². The SMILES string of the molecule is COCC(C)OOOC(C)COC. The Balaban J connectivity index is 3.23. The van der Waals surface area contributed by atoms with Crippen molar-refractivity contribution < 1.29 is 24.3 Å². The molecular weight excluding hydrogens is 176 g/mol. The Labute approximate surface area is 78.7 Å². The van der Waals surface area contributed by atoms with Crippen LogP contribution in [0.4, 0.5) is 0 Å². The first-order valence-electron chi connectivity index (χ1n) is 4.17. The monoisotopic (exact) mass is 194 g/mol. The smallest absolute Gasteiger partial charge is 0.117 e. The van der Waals surface area contributed by atoms with Crippen LogP contribution in [0.25, 0.3) is 0 Å². The third-order valence-electron chi connectivity index (χ3n) is 1.21. The number of hydrogen-bond acceptors (Lipinski definition) is 5. The maximum Gasteiger partial charge on any atom is 0.117 e. The molecule has 5 heteroatoms. The van der Waals surface area contributed by atoms with Crippen molar-refractivity contribution in [2.75, 3.05) is 27.4 Å². The van der Waals surface area contributed by atoms with E-state index in [-0.39, 0.29) is 12.2 Å². The van der Waals surface area contributed by atoms with E-state index in [0.717, 1.165) is 0 Å². The Morgan fingerprint density at radius 3 is 1.54 bits per heavy atom. The van der Waals surface area contributed by atoms with Crippen LogP contribution in [0.1, 0.15) is 13.8 Å². The second-order valence-electron chi connectivity index (χ2n) is 2.79. The minimum atomic E-state index is -0.153. The highest BCUT2D eigenvalue weighted by atomic mass is 17.5. The average Bonchev–Trinajstić information content (AvgIpc) is 2.05. The molecule has 2 atom stereocenters. The minimum absolute atomic E-state index is 0.153. The quantitative estimate of drug-likeness (QED) is 0.425. The lowest BCUT2D eigenvalue weighted by Gasteiger charge is -2.12. The van der Waals surface area contributed by atoms with E-state index in [1.807, 2.05) is 13.8 Å². The summed E-state index contributed by atoms with van der Waals surface area (Å²) in [5.74, 6) is 0. The van der Waals surface area contributed by atoms with E-state index in [9.17, 15) is 0 Å². The minimum Gasteiger partial charge on any atom is -0.382 e. The van der Waals surface area contributed by atoms with Crippen LogP contribution in [0.5, 0.6) is 0 Å². The third kappa shape index (κ3) is 8.14. The van der Waals surface area contributed by atoms with Gasteiger partial charge in [-0.15, -0.1) is 0 Å². The summed E-state index contributed by atoms with van der Waals surface area (Å²) in [4.78, 5) is 9.59. The van der Waals surface area contributed by atoms with Crippen molar-refractivity contribution in [3.05, 3.63) is 0 Å². The van der Waals surface area contributed by atoms with Gasteiger partial charge in [-0.1, -0.05) is 5.04 Å². The zero-order valence-electron chi connectivity index (χ0n) is 8.61. The molecule has 0 N–H and O–H groups in total. The topological polar surface area (TPSA) is 46.2 Å². The highest BCUT2D eigenvalue weighted by molar-refractivity contribution is 4.41. The average molecular weight is 194 g/mol. The lowest BCUT2D eigenvalue weighted by molar-refractivity contribution is -0.538. The van der Waals surface area contributed by atoms with E-state index in [1.54, 1.807) is 14.2 Å². The van der Waals surface area contributed by atoms with Crippen molar-refractivity contribution >= 4 is 0 Å². The zero-order chi connectivity index (χ0) is 10.1. The Morgan fingerprint density at radius 2 is 1.23 bits per heavy atom. The first-order chi connectivity index (χ1) is 6.20. The van der Waals surface area contributed by atoms with Crippen LogP contribution in [0.2, 0.25) is 0 Å². The van der Waals surface area contributed by atoms with Gasteiger partial charge in [-0.3, -0.25) is 0 Å². The van der Waals surface area contributed by atoms with Gasteiger partial charge in [0.05, 0.1) is 13.2 Å². The second-order valence-corrected chi connectivity index (χ2v) is 2.79. The molecule has 2 unspecified atom stereocenters. The van der Waals surface area contributed by atoms with Crippen molar-refractivity contribution in [2.45, 2.75) is 26.1 Å². The van der Waals surface area contributed by atoms with Crippen LogP contribution in [0.3, 0.4) is 0 Å². The normalized spacial score (nSPS) is 15.7. The third-order valence-corrected chi connectivity index (χ3v) is 1.21. The molecule has 13 heavy (non-hydrogen) atoms. The Bertz CT molecular complexity index is 96.7. The summed E-state index contributed by atoms with van der Waals surface area (Å²) in [6.45, 7) is 4.55. The van der Waals surface area contributed by atoms with Crippen molar-refractivity contribution in [1.82, 2.24) is 0 Å². The molecule has 0 rings (SSSR count). The van der Waals surface area contributed by atoms with Gasteiger partial charge in [-0.05, 0) is 13.8 Å². The molecule has 0 aromatic heterocycles. The first kappa shape index (κ1) is 12.8. The molecule has 0 aliphatic rings. The van der Waals surface area contributed by atoms with E-state index >= 15 is 0 Å². The predicted molar refractivity (Wildman–Crippen MR) is 45.9 cm³/mol. The molecule has 0 heterocycles. The molecule has 0 radical (unpaired) electrons. The molecule has 0 aromatic rings. The Hall–Kier alpha value is -0.200. The van der Waals surface area contributed by atoms with Crippen molar-refractivity contribution in [2.24, 2.45) is 0 Å². The fourth-order valence-electron chi connectivity index (χ4n) is 0.682. The molecular formula is C8H18O5. The van der Waals surface area contributed by atoms with Crippen LogP contribution < -0.4 is 0 Å². The Morgan fingerprint density at radius 1 is 0.846 bits per heavy atom. The molecule has 80 valence electrons. The lowest BCUT2D eigenvalue weighted by atomic mass is 10.4. The Kier molecular flexibility index (Phi) is 8.27. The summed E-state index contributed by atoms with van der Waals surface area (Å²) in [5.41, 5.74) is 0. The zero-order valence-corrected chi connectivity index (χ0v) is 8.61. The van der Waals surface area contributed by atoms with Gasteiger partial charge in [-0.25, -0.2) is 9.78 Å². The van der Waals surface area contributed by atoms with Crippen molar-refractivity contribution in [3.8, 4) is 0 Å².